The van der Waals surface area contributed by atoms with Crippen molar-refractivity contribution in [1.82, 2.24) is 4.98 Å². The summed E-state index contributed by atoms with van der Waals surface area (Å²) in [4.78, 5) is 4.03. The lowest BCUT2D eigenvalue weighted by atomic mass is 10.0. The number of hydrogen-bond acceptors (Lipinski definition) is 3. The highest BCUT2D eigenvalue weighted by Gasteiger charge is 2.13. The summed E-state index contributed by atoms with van der Waals surface area (Å²) in [5.74, 6) is 0. The van der Waals surface area contributed by atoms with Crippen LogP contribution in [-0.2, 0) is 0 Å². The second kappa shape index (κ2) is 4.69. The molecule has 1 rings (SSSR count). The fourth-order valence-electron chi connectivity index (χ4n) is 1.13. The average molecular weight is 244 g/mol. The molecule has 0 fully saturated rings. The number of pyridine rings is 1. The smallest absolute Gasteiger partial charge is 0.106 e. The van der Waals surface area contributed by atoms with Gasteiger partial charge in [0.1, 0.15) is 4.60 Å². The van der Waals surface area contributed by atoms with Crippen LogP contribution in [0.3, 0.4) is 0 Å². The quantitative estimate of drug-likeness (QED) is 0.793. The summed E-state index contributed by atoms with van der Waals surface area (Å²) < 4.78 is 0.795. The normalized spacial score (nSPS) is 15.4. The maximum absolute atomic E-state index is 5.94. The Kier molecular flexibility index (Phi) is 3.84. The molecule has 1 heterocycles. The van der Waals surface area contributed by atoms with Crippen LogP contribution in [-0.4, -0.2) is 11.0 Å². The monoisotopic (exact) mass is 243 g/mol. The molecule has 13 heavy (non-hydrogen) atoms. The van der Waals surface area contributed by atoms with Gasteiger partial charge in [0.15, 0.2) is 0 Å². The maximum Gasteiger partial charge on any atom is 0.106 e. The Morgan fingerprint density at radius 1 is 1.54 bits per heavy atom. The van der Waals surface area contributed by atoms with Gasteiger partial charge in [-0.3, -0.25) is 0 Å². The molecule has 0 aromatic carbocycles. The lowest BCUT2D eigenvalue weighted by molar-refractivity contribution is 0.532. The van der Waals surface area contributed by atoms with E-state index in [9.17, 15) is 0 Å². The molecule has 0 saturated carbocycles. The Bertz CT molecular complexity index is 277. The molecule has 72 valence electrons. The molecule has 1 aromatic heterocycles. The van der Waals surface area contributed by atoms with E-state index in [0.29, 0.717) is 0 Å². The average Bonchev–Trinajstić information content (AvgIpc) is 2.15. The van der Waals surface area contributed by atoms with E-state index < -0.39 is 0 Å². The van der Waals surface area contributed by atoms with E-state index >= 15 is 0 Å². The molecule has 4 N–H and O–H groups in total. The van der Waals surface area contributed by atoms with Crippen LogP contribution in [0.5, 0.6) is 0 Å². The molecule has 0 amide bonds. The predicted molar refractivity (Wildman–Crippen MR) is 57.1 cm³/mol. The topological polar surface area (TPSA) is 64.9 Å². The van der Waals surface area contributed by atoms with E-state index in [0.717, 1.165) is 16.6 Å². The van der Waals surface area contributed by atoms with Crippen LogP contribution in [0, 0.1) is 0 Å². The molecule has 3 nitrogen and oxygen atoms in total. The van der Waals surface area contributed by atoms with Gasteiger partial charge >= 0.3 is 0 Å². The number of aromatic nitrogens is 1. The summed E-state index contributed by atoms with van der Waals surface area (Å²) in [5.41, 5.74) is 12.8. The molecule has 0 saturated heterocycles. The van der Waals surface area contributed by atoms with E-state index in [1.54, 1.807) is 6.20 Å². The van der Waals surface area contributed by atoms with Gasteiger partial charge in [-0.25, -0.2) is 4.98 Å². The lowest BCUT2D eigenvalue weighted by Crippen LogP contribution is -2.33. The molecule has 4 heteroatoms. The predicted octanol–water partition coefficient (Wildman–Crippen LogP) is 1.58. The number of nitrogens with two attached hydrogens (primary N) is 2. The summed E-state index contributed by atoms with van der Waals surface area (Å²) >= 11 is 3.29. The maximum atomic E-state index is 5.94. The van der Waals surface area contributed by atoms with E-state index in [-0.39, 0.29) is 12.1 Å². The van der Waals surface area contributed by atoms with Gasteiger partial charge < -0.3 is 11.5 Å². The third-order valence-electron chi connectivity index (χ3n) is 2.07. The van der Waals surface area contributed by atoms with Gasteiger partial charge in [0.25, 0.3) is 0 Å². The number of rotatable bonds is 3. The molecular formula is C9H14BrN3. The first-order valence-corrected chi connectivity index (χ1v) is 5.07. The van der Waals surface area contributed by atoms with Crippen molar-refractivity contribution in [2.45, 2.75) is 25.4 Å². The first-order chi connectivity index (χ1) is 6.15. The van der Waals surface area contributed by atoms with Crippen molar-refractivity contribution in [3.8, 4) is 0 Å². The van der Waals surface area contributed by atoms with Gasteiger partial charge in [-0.2, -0.15) is 0 Å². The van der Waals surface area contributed by atoms with Crippen LogP contribution in [0.2, 0.25) is 0 Å². The Balaban J connectivity index is 2.82. The Hall–Kier alpha value is -0.450. The molecular weight excluding hydrogens is 230 g/mol. The number of hydrogen-bond donors (Lipinski definition) is 2. The van der Waals surface area contributed by atoms with Crippen molar-refractivity contribution in [1.29, 1.82) is 0 Å². The summed E-state index contributed by atoms with van der Waals surface area (Å²) in [6, 6.07) is 3.70. The zero-order valence-corrected chi connectivity index (χ0v) is 9.16. The van der Waals surface area contributed by atoms with Crippen LogP contribution in [0.1, 0.15) is 24.9 Å². The third kappa shape index (κ3) is 2.76. The highest BCUT2D eigenvalue weighted by molar-refractivity contribution is 9.10. The Morgan fingerprint density at radius 3 is 2.77 bits per heavy atom. The first-order valence-electron chi connectivity index (χ1n) is 4.27. The van der Waals surface area contributed by atoms with Crippen LogP contribution >= 0.6 is 15.9 Å². The molecule has 1 aromatic rings. The van der Waals surface area contributed by atoms with Gasteiger partial charge in [0.2, 0.25) is 0 Å². The third-order valence-corrected chi connectivity index (χ3v) is 2.50. The zero-order chi connectivity index (χ0) is 9.84. The minimum atomic E-state index is -0.107. The number of nitrogens with zero attached hydrogens (tertiary/aromatic N) is 1. The highest BCUT2D eigenvalue weighted by atomic mass is 79.9. The van der Waals surface area contributed by atoms with Crippen LogP contribution in [0.4, 0.5) is 0 Å². The summed E-state index contributed by atoms with van der Waals surface area (Å²) in [6.45, 7) is 2.03. The van der Waals surface area contributed by atoms with Gasteiger partial charge in [-0.1, -0.05) is 6.92 Å². The molecule has 0 spiro atoms. The van der Waals surface area contributed by atoms with Crippen LogP contribution in [0.15, 0.2) is 22.9 Å². The second-order valence-corrected chi connectivity index (χ2v) is 3.82. The van der Waals surface area contributed by atoms with Crippen LogP contribution < -0.4 is 11.5 Å². The minimum Gasteiger partial charge on any atom is -0.326 e. The van der Waals surface area contributed by atoms with Crippen molar-refractivity contribution in [3.05, 3.63) is 28.5 Å². The van der Waals surface area contributed by atoms with E-state index in [1.807, 2.05) is 19.1 Å². The molecule has 2 atom stereocenters. The van der Waals surface area contributed by atoms with Gasteiger partial charge in [-0.05, 0) is 40.0 Å². The van der Waals surface area contributed by atoms with Crippen molar-refractivity contribution in [2.24, 2.45) is 11.5 Å². The van der Waals surface area contributed by atoms with Gasteiger partial charge in [0.05, 0.1) is 0 Å². The Morgan fingerprint density at radius 2 is 2.23 bits per heavy atom. The van der Waals surface area contributed by atoms with E-state index in [2.05, 4.69) is 20.9 Å². The van der Waals surface area contributed by atoms with Crippen molar-refractivity contribution < 1.29 is 0 Å². The van der Waals surface area contributed by atoms with Crippen molar-refractivity contribution in [3.63, 3.8) is 0 Å². The number of halogens is 1. The fraction of sp³-hybridized carbons (Fsp3) is 0.444. The summed E-state index contributed by atoms with van der Waals surface area (Å²) in [7, 11) is 0. The summed E-state index contributed by atoms with van der Waals surface area (Å²) in [6.07, 6.45) is 2.60. The van der Waals surface area contributed by atoms with Crippen molar-refractivity contribution in [2.75, 3.05) is 0 Å². The largest absolute Gasteiger partial charge is 0.326 e. The Labute approximate surface area is 86.7 Å². The minimum absolute atomic E-state index is 0.00861. The molecule has 0 aliphatic heterocycles. The zero-order valence-electron chi connectivity index (χ0n) is 7.57. The standard InChI is InChI=1S/C9H14BrN3/c1-2-7(11)9(12)6-3-4-13-8(10)5-6/h3-5,7,9H,2,11-12H2,1H3/t7-,9-/m0/s1. The SMILES string of the molecule is CC[C@H](N)[C@@H](N)c1ccnc(Br)c1. The van der Waals surface area contributed by atoms with Crippen molar-refractivity contribution >= 4 is 15.9 Å². The molecule has 0 bridgehead atoms. The van der Waals surface area contributed by atoms with Crippen LogP contribution in [0.25, 0.3) is 0 Å². The second-order valence-electron chi connectivity index (χ2n) is 3.01. The highest BCUT2D eigenvalue weighted by Crippen LogP contribution is 2.17. The lowest BCUT2D eigenvalue weighted by Gasteiger charge is -2.18. The molecule has 0 unspecified atom stereocenters. The van der Waals surface area contributed by atoms with E-state index in [4.69, 9.17) is 11.5 Å². The molecule has 0 aliphatic carbocycles. The van der Waals surface area contributed by atoms with Gasteiger partial charge in [-0.15, -0.1) is 0 Å². The van der Waals surface area contributed by atoms with E-state index in [1.165, 1.54) is 0 Å². The fourth-order valence-corrected chi connectivity index (χ4v) is 1.51. The first kappa shape index (κ1) is 10.6. The molecule has 0 aliphatic rings. The molecule has 0 radical (unpaired) electrons. The van der Waals surface area contributed by atoms with Gasteiger partial charge in [0, 0.05) is 18.3 Å². The summed E-state index contributed by atoms with van der Waals surface area (Å²) in [5, 5.41) is 0.